The Morgan fingerprint density at radius 2 is 2.21 bits per heavy atom. The van der Waals surface area contributed by atoms with E-state index in [0.717, 1.165) is 18.8 Å². The van der Waals surface area contributed by atoms with Crippen LogP contribution in [0, 0.1) is 5.92 Å². The first kappa shape index (κ1) is 12.0. The Balaban J connectivity index is 2.39. The number of nitrogens with two attached hydrogens (primary N) is 1. The van der Waals surface area contributed by atoms with Gasteiger partial charge in [0.25, 0.3) is 0 Å². The molecule has 0 spiro atoms. The van der Waals surface area contributed by atoms with Gasteiger partial charge in [0.2, 0.25) is 0 Å². The van der Waals surface area contributed by atoms with Gasteiger partial charge in [0.05, 0.1) is 5.60 Å². The molecule has 0 aliphatic heterocycles. The lowest BCUT2D eigenvalue weighted by atomic mass is 9.89. The van der Waals surface area contributed by atoms with Crippen molar-refractivity contribution < 1.29 is 4.74 Å². The van der Waals surface area contributed by atoms with Crippen LogP contribution in [0.2, 0.25) is 0 Å². The SMILES string of the molecule is CCC(C)(OC)C(CCC1CC1)NN. The number of hydrazine groups is 1. The summed E-state index contributed by atoms with van der Waals surface area (Å²) in [6.07, 6.45) is 6.22. The van der Waals surface area contributed by atoms with Crippen LogP contribution in [-0.4, -0.2) is 18.8 Å². The topological polar surface area (TPSA) is 47.3 Å². The third kappa shape index (κ3) is 2.94. The van der Waals surface area contributed by atoms with Crippen LogP contribution in [0.15, 0.2) is 0 Å². The first-order valence-electron chi connectivity index (χ1n) is 5.67. The molecule has 0 aromatic heterocycles. The largest absolute Gasteiger partial charge is 0.377 e. The summed E-state index contributed by atoms with van der Waals surface area (Å²) in [7, 11) is 1.77. The second kappa shape index (κ2) is 5.10. The van der Waals surface area contributed by atoms with Crippen LogP contribution >= 0.6 is 0 Å². The van der Waals surface area contributed by atoms with E-state index in [0.29, 0.717) is 0 Å². The quantitative estimate of drug-likeness (QED) is 0.487. The summed E-state index contributed by atoms with van der Waals surface area (Å²) in [6, 6.07) is 0.276. The zero-order chi connectivity index (χ0) is 10.6. The Morgan fingerprint density at radius 3 is 2.57 bits per heavy atom. The Morgan fingerprint density at radius 1 is 1.57 bits per heavy atom. The third-order valence-corrected chi connectivity index (χ3v) is 3.67. The minimum absolute atomic E-state index is 0.121. The fourth-order valence-electron chi connectivity index (χ4n) is 1.91. The van der Waals surface area contributed by atoms with Crippen LogP contribution in [0.4, 0.5) is 0 Å². The maximum Gasteiger partial charge on any atom is 0.0813 e. The third-order valence-electron chi connectivity index (χ3n) is 3.67. The molecule has 1 aliphatic rings. The maximum absolute atomic E-state index is 5.59. The number of nitrogens with one attached hydrogen (secondary N) is 1. The van der Waals surface area contributed by atoms with E-state index in [1.54, 1.807) is 7.11 Å². The molecule has 3 nitrogen and oxygen atoms in total. The number of hydrogen-bond donors (Lipinski definition) is 2. The van der Waals surface area contributed by atoms with Gasteiger partial charge in [-0.15, -0.1) is 0 Å². The van der Waals surface area contributed by atoms with Crippen LogP contribution in [0.25, 0.3) is 0 Å². The lowest BCUT2D eigenvalue weighted by Gasteiger charge is -2.35. The monoisotopic (exact) mass is 200 g/mol. The van der Waals surface area contributed by atoms with E-state index in [1.165, 1.54) is 19.3 Å². The molecule has 84 valence electrons. The molecule has 14 heavy (non-hydrogen) atoms. The molecule has 0 radical (unpaired) electrons. The zero-order valence-corrected chi connectivity index (χ0v) is 9.68. The minimum atomic E-state index is -0.121. The highest BCUT2D eigenvalue weighted by atomic mass is 16.5. The van der Waals surface area contributed by atoms with Crippen LogP contribution < -0.4 is 11.3 Å². The number of methoxy groups -OCH3 is 1. The molecule has 2 atom stereocenters. The average molecular weight is 200 g/mol. The van der Waals surface area contributed by atoms with Gasteiger partial charge in [0.1, 0.15) is 0 Å². The molecular formula is C11H24N2O. The van der Waals surface area contributed by atoms with Crippen LogP contribution in [0.5, 0.6) is 0 Å². The van der Waals surface area contributed by atoms with E-state index in [9.17, 15) is 0 Å². The van der Waals surface area contributed by atoms with E-state index in [1.807, 2.05) is 0 Å². The number of ether oxygens (including phenoxy) is 1. The van der Waals surface area contributed by atoms with Crippen molar-refractivity contribution in [3.63, 3.8) is 0 Å². The Hall–Kier alpha value is -0.120. The van der Waals surface area contributed by atoms with E-state index in [4.69, 9.17) is 10.6 Å². The molecule has 0 aromatic rings. The Bertz CT molecular complexity index is 165. The molecule has 0 heterocycles. The predicted octanol–water partition coefficient (Wildman–Crippen LogP) is 1.82. The predicted molar refractivity (Wildman–Crippen MR) is 58.8 cm³/mol. The maximum atomic E-state index is 5.59. The van der Waals surface area contributed by atoms with Crippen molar-refractivity contribution in [2.45, 2.75) is 57.6 Å². The molecule has 0 aromatic carbocycles. The van der Waals surface area contributed by atoms with Gasteiger partial charge in [-0.05, 0) is 32.1 Å². The summed E-state index contributed by atoms with van der Waals surface area (Å²) >= 11 is 0. The van der Waals surface area contributed by atoms with Crippen LogP contribution in [-0.2, 0) is 4.74 Å². The highest BCUT2D eigenvalue weighted by Crippen LogP contribution is 2.35. The second-order valence-corrected chi connectivity index (χ2v) is 4.61. The van der Waals surface area contributed by atoms with E-state index in [-0.39, 0.29) is 11.6 Å². The van der Waals surface area contributed by atoms with Crippen LogP contribution in [0.1, 0.15) is 46.0 Å². The summed E-state index contributed by atoms with van der Waals surface area (Å²) in [5.74, 6) is 6.55. The van der Waals surface area contributed by atoms with Crippen molar-refractivity contribution >= 4 is 0 Å². The standard InChI is InChI=1S/C11H24N2O/c1-4-11(2,14-3)10(13-12)8-7-9-5-6-9/h9-10,13H,4-8,12H2,1-3H3. The highest BCUT2D eigenvalue weighted by molar-refractivity contribution is 4.88. The molecule has 0 saturated heterocycles. The average Bonchev–Trinajstić information content (AvgIpc) is 3.02. The lowest BCUT2D eigenvalue weighted by molar-refractivity contribution is -0.0319. The fourth-order valence-corrected chi connectivity index (χ4v) is 1.91. The van der Waals surface area contributed by atoms with Gasteiger partial charge in [-0.3, -0.25) is 11.3 Å². The smallest absolute Gasteiger partial charge is 0.0813 e. The van der Waals surface area contributed by atoms with Crippen molar-refractivity contribution in [3.8, 4) is 0 Å². The van der Waals surface area contributed by atoms with Crippen molar-refractivity contribution in [3.05, 3.63) is 0 Å². The van der Waals surface area contributed by atoms with E-state index >= 15 is 0 Å². The summed E-state index contributed by atoms with van der Waals surface area (Å²) in [4.78, 5) is 0. The van der Waals surface area contributed by atoms with Gasteiger partial charge in [0, 0.05) is 13.2 Å². The van der Waals surface area contributed by atoms with Gasteiger partial charge in [0.15, 0.2) is 0 Å². The zero-order valence-electron chi connectivity index (χ0n) is 9.68. The van der Waals surface area contributed by atoms with Gasteiger partial charge in [-0.25, -0.2) is 0 Å². The molecule has 1 rings (SSSR count). The number of rotatable bonds is 7. The van der Waals surface area contributed by atoms with Gasteiger partial charge >= 0.3 is 0 Å². The number of hydrogen-bond acceptors (Lipinski definition) is 3. The van der Waals surface area contributed by atoms with Crippen molar-refractivity contribution in [2.75, 3.05) is 7.11 Å². The molecule has 1 saturated carbocycles. The molecular weight excluding hydrogens is 176 g/mol. The summed E-state index contributed by atoms with van der Waals surface area (Å²) < 4.78 is 5.55. The molecule has 1 aliphatic carbocycles. The summed E-state index contributed by atoms with van der Waals surface area (Å²) in [5, 5.41) is 0. The molecule has 0 amide bonds. The minimum Gasteiger partial charge on any atom is -0.377 e. The molecule has 0 bridgehead atoms. The lowest BCUT2D eigenvalue weighted by Crippen LogP contribution is -2.52. The van der Waals surface area contributed by atoms with Crippen LogP contribution in [0.3, 0.4) is 0 Å². The Kier molecular flexibility index (Phi) is 4.35. The first-order chi connectivity index (χ1) is 6.66. The van der Waals surface area contributed by atoms with Gasteiger partial charge in [-0.1, -0.05) is 19.8 Å². The van der Waals surface area contributed by atoms with E-state index < -0.39 is 0 Å². The van der Waals surface area contributed by atoms with Gasteiger partial charge < -0.3 is 4.74 Å². The highest BCUT2D eigenvalue weighted by Gasteiger charge is 2.33. The van der Waals surface area contributed by atoms with E-state index in [2.05, 4.69) is 19.3 Å². The molecule has 3 heteroatoms. The molecule has 2 unspecified atom stereocenters. The van der Waals surface area contributed by atoms with Crippen molar-refractivity contribution in [1.29, 1.82) is 0 Å². The first-order valence-corrected chi connectivity index (χ1v) is 5.67. The normalized spacial score (nSPS) is 23.1. The van der Waals surface area contributed by atoms with Crippen molar-refractivity contribution in [2.24, 2.45) is 11.8 Å². The van der Waals surface area contributed by atoms with Crippen molar-refractivity contribution in [1.82, 2.24) is 5.43 Å². The Labute approximate surface area is 87.4 Å². The molecule has 3 N–H and O–H groups in total. The summed E-state index contributed by atoms with van der Waals surface area (Å²) in [6.45, 7) is 4.27. The second-order valence-electron chi connectivity index (χ2n) is 4.61. The van der Waals surface area contributed by atoms with Gasteiger partial charge in [-0.2, -0.15) is 0 Å². The summed E-state index contributed by atoms with van der Waals surface area (Å²) in [5.41, 5.74) is 2.78. The molecule has 1 fully saturated rings. The fraction of sp³-hybridized carbons (Fsp3) is 1.00.